The first kappa shape index (κ1) is 17.9. The van der Waals surface area contributed by atoms with Crippen molar-refractivity contribution in [3.63, 3.8) is 0 Å². The second-order valence-corrected chi connectivity index (χ2v) is 6.01. The average molecular weight is 361 g/mol. The van der Waals surface area contributed by atoms with Crippen LogP contribution in [0.15, 0.2) is 23.2 Å². The van der Waals surface area contributed by atoms with Gasteiger partial charge in [-0.1, -0.05) is 0 Å². The van der Waals surface area contributed by atoms with Crippen molar-refractivity contribution in [3.8, 4) is 6.19 Å². The number of aliphatic imine (C=N–C) groups is 1. The monoisotopic (exact) mass is 361 g/mol. The number of ether oxygens (including phenoxy) is 2. The van der Waals surface area contributed by atoms with Gasteiger partial charge in [0.2, 0.25) is 0 Å². The minimum Gasteiger partial charge on any atom is -0.442 e. The number of amides is 1. The van der Waals surface area contributed by atoms with Crippen molar-refractivity contribution in [1.29, 1.82) is 5.26 Å². The first-order valence-corrected chi connectivity index (χ1v) is 8.35. The fourth-order valence-electron chi connectivity index (χ4n) is 2.91. The van der Waals surface area contributed by atoms with E-state index in [2.05, 4.69) is 10.3 Å². The zero-order valence-corrected chi connectivity index (χ0v) is 14.4. The van der Waals surface area contributed by atoms with Gasteiger partial charge < -0.3 is 14.4 Å². The van der Waals surface area contributed by atoms with Crippen molar-refractivity contribution >= 4 is 23.3 Å². The second kappa shape index (κ2) is 8.01. The molecule has 3 rings (SSSR count). The van der Waals surface area contributed by atoms with Gasteiger partial charge in [0.05, 0.1) is 37.7 Å². The molecule has 2 aliphatic heterocycles. The first-order chi connectivity index (χ1) is 12.6. The molecule has 9 heteroatoms. The molecule has 2 fully saturated rings. The summed E-state index contributed by atoms with van der Waals surface area (Å²) in [6, 6.07) is 4.74. The molecule has 0 radical (unpaired) electrons. The Kier molecular flexibility index (Phi) is 5.53. The second-order valence-electron chi connectivity index (χ2n) is 6.01. The van der Waals surface area contributed by atoms with E-state index < -0.39 is 12.2 Å². The molecule has 0 aromatic heterocycles. The lowest BCUT2D eigenvalue weighted by molar-refractivity contribution is 0.122. The standard InChI is InChI=1S/C17H20FN5O3/c1-12(21-11-19)20-9-14-10-23(17(24)26-14)13-2-3-16(15(18)8-13)22-4-6-25-7-5-22/h2-3,8,14H,4-7,9-10H2,1H3,(H,20,21)/t14-/m1/s1. The third-order valence-electron chi connectivity index (χ3n) is 4.24. The van der Waals surface area contributed by atoms with E-state index >= 15 is 0 Å². The lowest BCUT2D eigenvalue weighted by Crippen LogP contribution is -2.36. The van der Waals surface area contributed by atoms with Gasteiger partial charge in [0, 0.05) is 13.1 Å². The SMILES string of the molecule is CC(=NC[C@@H]1CN(c2ccc(N3CCOCC3)c(F)c2)C(=O)O1)NC#N. The molecule has 0 spiro atoms. The number of hydrogen-bond donors (Lipinski definition) is 1. The highest BCUT2D eigenvalue weighted by Gasteiger charge is 2.32. The van der Waals surface area contributed by atoms with Crippen molar-refractivity contribution < 1.29 is 18.7 Å². The minimum absolute atomic E-state index is 0.233. The van der Waals surface area contributed by atoms with E-state index in [0.29, 0.717) is 43.5 Å². The van der Waals surface area contributed by atoms with Crippen LogP contribution in [-0.4, -0.2) is 57.4 Å². The van der Waals surface area contributed by atoms with Crippen LogP contribution in [0.25, 0.3) is 0 Å². The van der Waals surface area contributed by atoms with Crippen LogP contribution in [0, 0.1) is 17.3 Å². The molecular weight excluding hydrogens is 341 g/mol. The normalized spacial score (nSPS) is 20.7. The molecule has 1 aromatic rings. The van der Waals surface area contributed by atoms with Crippen LogP contribution in [0.4, 0.5) is 20.6 Å². The van der Waals surface area contributed by atoms with E-state index in [4.69, 9.17) is 14.7 Å². The minimum atomic E-state index is -0.533. The number of benzene rings is 1. The van der Waals surface area contributed by atoms with Gasteiger partial charge >= 0.3 is 6.09 Å². The number of carbonyl (C=O) groups excluding carboxylic acids is 1. The Balaban J connectivity index is 1.67. The smallest absolute Gasteiger partial charge is 0.414 e. The van der Waals surface area contributed by atoms with Gasteiger partial charge in [0.25, 0.3) is 0 Å². The van der Waals surface area contributed by atoms with Crippen LogP contribution in [0.1, 0.15) is 6.92 Å². The fraction of sp³-hybridized carbons (Fsp3) is 0.471. The first-order valence-electron chi connectivity index (χ1n) is 8.35. The Hall–Kier alpha value is -2.86. The van der Waals surface area contributed by atoms with E-state index in [1.165, 1.54) is 11.0 Å². The third-order valence-corrected chi connectivity index (χ3v) is 4.24. The third kappa shape index (κ3) is 4.03. The Bertz CT molecular complexity index is 742. The Morgan fingerprint density at radius 3 is 2.92 bits per heavy atom. The van der Waals surface area contributed by atoms with Crippen LogP contribution >= 0.6 is 0 Å². The molecule has 0 bridgehead atoms. The molecular formula is C17H20FN5O3. The molecule has 2 saturated heterocycles. The number of nitrogens with one attached hydrogen (secondary N) is 1. The highest BCUT2D eigenvalue weighted by atomic mass is 19.1. The predicted octanol–water partition coefficient (Wildman–Crippen LogP) is 1.48. The molecule has 2 heterocycles. The average Bonchev–Trinajstić information content (AvgIpc) is 3.02. The number of morpholine rings is 1. The van der Waals surface area contributed by atoms with Crippen LogP contribution < -0.4 is 15.1 Å². The maximum Gasteiger partial charge on any atom is 0.414 e. The van der Waals surface area contributed by atoms with Crippen LogP contribution in [0.2, 0.25) is 0 Å². The molecule has 8 nitrogen and oxygen atoms in total. The molecule has 2 aliphatic rings. The maximum absolute atomic E-state index is 14.5. The van der Waals surface area contributed by atoms with Crippen LogP contribution in [0.5, 0.6) is 0 Å². The van der Waals surface area contributed by atoms with E-state index in [1.807, 2.05) is 4.90 Å². The summed E-state index contributed by atoms with van der Waals surface area (Å²) in [5.41, 5.74) is 0.951. The molecule has 1 aromatic carbocycles. The van der Waals surface area contributed by atoms with Crippen LogP contribution in [0.3, 0.4) is 0 Å². The van der Waals surface area contributed by atoms with Gasteiger partial charge in [-0.15, -0.1) is 0 Å². The molecule has 0 aliphatic carbocycles. The van der Waals surface area contributed by atoms with Gasteiger partial charge in [-0.05, 0) is 25.1 Å². The topological polar surface area (TPSA) is 90.2 Å². The highest BCUT2D eigenvalue weighted by Crippen LogP contribution is 2.28. The van der Waals surface area contributed by atoms with Gasteiger partial charge in [-0.25, -0.2) is 9.18 Å². The number of nitrogens with zero attached hydrogens (tertiary/aromatic N) is 4. The molecule has 26 heavy (non-hydrogen) atoms. The van der Waals surface area contributed by atoms with Gasteiger partial charge in [-0.3, -0.25) is 15.2 Å². The number of hydrogen-bond acceptors (Lipinski definition) is 6. The Labute approximate surface area is 150 Å². The number of anilines is 2. The molecule has 1 N–H and O–H groups in total. The summed E-state index contributed by atoms with van der Waals surface area (Å²) in [6.07, 6.45) is 0.795. The predicted molar refractivity (Wildman–Crippen MR) is 93.8 cm³/mol. The number of nitriles is 1. The zero-order valence-electron chi connectivity index (χ0n) is 14.4. The summed E-state index contributed by atoms with van der Waals surface area (Å²) >= 11 is 0. The summed E-state index contributed by atoms with van der Waals surface area (Å²) in [5.74, 6) is 0.0654. The van der Waals surface area contributed by atoms with Crippen molar-refractivity contribution in [1.82, 2.24) is 5.32 Å². The van der Waals surface area contributed by atoms with E-state index in [1.54, 1.807) is 25.2 Å². The highest BCUT2D eigenvalue weighted by molar-refractivity contribution is 5.90. The van der Waals surface area contributed by atoms with E-state index in [9.17, 15) is 9.18 Å². The van der Waals surface area contributed by atoms with Crippen LogP contribution in [-0.2, 0) is 9.47 Å². The zero-order chi connectivity index (χ0) is 18.5. The fourth-order valence-corrected chi connectivity index (χ4v) is 2.91. The van der Waals surface area contributed by atoms with Gasteiger partial charge in [-0.2, -0.15) is 5.26 Å². The van der Waals surface area contributed by atoms with Crippen molar-refractivity contribution in [2.45, 2.75) is 13.0 Å². The van der Waals surface area contributed by atoms with Crippen molar-refractivity contribution in [2.75, 3.05) is 49.2 Å². The Morgan fingerprint density at radius 2 is 2.23 bits per heavy atom. The number of halogens is 1. The Morgan fingerprint density at radius 1 is 1.46 bits per heavy atom. The lowest BCUT2D eigenvalue weighted by atomic mass is 10.2. The number of cyclic esters (lactones) is 1. The molecule has 138 valence electrons. The number of amidine groups is 1. The number of carbonyl (C=O) groups is 1. The molecule has 0 saturated carbocycles. The van der Waals surface area contributed by atoms with Crippen molar-refractivity contribution in [2.24, 2.45) is 4.99 Å². The maximum atomic E-state index is 14.5. The van der Waals surface area contributed by atoms with Crippen molar-refractivity contribution in [3.05, 3.63) is 24.0 Å². The summed E-state index contributed by atoms with van der Waals surface area (Å²) in [5, 5.41) is 10.9. The lowest BCUT2D eigenvalue weighted by Gasteiger charge is -2.29. The summed E-state index contributed by atoms with van der Waals surface area (Å²) in [4.78, 5) is 19.5. The van der Waals surface area contributed by atoms with Gasteiger partial charge in [0.15, 0.2) is 6.19 Å². The van der Waals surface area contributed by atoms with E-state index in [0.717, 1.165) is 0 Å². The summed E-state index contributed by atoms with van der Waals surface area (Å²) in [7, 11) is 0. The largest absolute Gasteiger partial charge is 0.442 e. The van der Waals surface area contributed by atoms with Gasteiger partial charge in [0.1, 0.15) is 17.8 Å². The number of rotatable bonds is 4. The molecule has 1 amide bonds. The van der Waals surface area contributed by atoms with E-state index in [-0.39, 0.29) is 18.9 Å². The molecule has 0 unspecified atom stereocenters. The quantitative estimate of drug-likeness (QED) is 0.378. The summed E-state index contributed by atoms with van der Waals surface area (Å²) in [6.45, 7) is 4.58. The summed E-state index contributed by atoms with van der Waals surface area (Å²) < 4.78 is 25.1. The molecule has 1 atom stereocenters.